The van der Waals surface area contributed by atoms with Crippen LogP contribution in [0.1, 0.15) is 32.0 Å². The van der Waals surface area contributed by atoms with Crippen LogP contribution in [0.5, 0.6) is 0 Å². The molecule has 2 atom stereocenters. The molecule has 1 N–H and O–H groups in total. The Morgan fingerprint density at radius 2 is 2.26 bits per heavy atom. The van der Waals surface area contributed by atoms with E-state index in [-0.39, 0.29) is 5.91 Å². The van der Waals surface area contributed by atoms with Crippen molar-refractivity contribution in [2.24, 2.45) is 11.8 Å². The molecule has 0 radical (unpaired) electrons. The van der Waals surface area contributed by atoms with Crippen LogP contribution in [0, 0.1) is 11.8 Å². The van der Waals surface area contributed by atoms with Gasteiger partial charge in [-0.05, 0) is 24.7 Å². The third-order valence-corrected chi connectivity index (χ3v) is 5.04. The number of ether oxygens (including phenoxy) is 1. The van der Waals surface area contributed by atoms with Crippen molar-refractivity contribution in [3.8, 4) is 0 Å². The van der Waals surface area contributed by atoms with Crippen molar-refractivity contribution >= 4 is 5.91 Å². The van der Waals surface area contributed by atoms with Gasteiger partial charge in [0.1, 0.15) is 5.82 Å². The van der Waals surface area contributed by atoms with Crippen LogP contribution < -0.4 is 5.32 Å². The van der Waals surface area contributed by atoms with Crippen molar-refractivity contribution in [1.82, 2.24) is 19.8 Å². The van der Waals surface area contributed by atoms with Crippen molar-refractivity contribution in [2.45, 2.75) is 45.3 Å². The highest BCUT2D eigenvalue weighted by Crippen LogP contribution is 2.41. The molecule has 2 fully saturated rings. The highest BCUT2D eigenvalue weighted by molar-refractivity contribution is 5.75. The van der Waals surface area contributed by atoms with Gasteiger partial charge in [-0.1, -0.05) is 6.92 Å². The fraction of sp³-hybridized carbons (Fsp3) is 0.765. The minimum atomic E-state index is 0.170. The average molecular weight is 320 g/mol. The normalized spacial score (nSPS) is 25.0. The van der Waals surface area contributed by atoms with Crippen molar-refractivity contribution in [3.63, 3.8) is 0 Å². The van der Waals surface area contributed by atoms with E-state index in [0.29, 0.717) is 25.0 Å². The van der Waals surface area contributed by atoms with Crippen LogP contribution in [0.2, 0.25) is 0 Å². The first-order valence-corrected chi connectivity index (χ1v) is 8.72. The van der Waals surface area contributed by atoms with E-state index in [1.807, 2.05) is 19.3 Å². The van der Waals surface area contributed by atoms with Gasteiger partial charge >= 0.3 is 0 Å². The van der Waals surface area contributed by atoms with E-state index in [2.05, 4.69) is 19.8 Å². The van der Waals surface area contributed by atoms with Gasteiger partial charge in [0.2, 0.25) is 5.91 Å². The largest absolute Gasteiger partial charge is 0.383 e. The van der Waals surface area contributed by atoms with Gasteiger partial charge in [-0.2, -0.15) is 0 Å². The van der Waals surface area contributed by atoms with Crippen LogP contribution >= 0.6 is 0 Å². The Morgan fingerprint density at radius 3 is 2.96 bits per heavy atom. The highest BCUT2D eigenvalue weighted by atomic mass is 16.5. The fourth-order valence-corrected chi connectivity index (χ4v) is 3.59. The molecule has 1 saturated heterocycles. The second-order valence-electron chi connectivity index (χ2n) is 6.75. The summed E-state index contributed by atoms with van der Waals surface area (Å²) in [6, 6.07) is 0.303. The Kier molecular flexibility index (Phi) is 5.33. The van der Waals surface area contributed by atoms with Crippen molar-refractivity contribution in [2.75, 3.05) is 26.8 Å². The maximum Gasteiger partial charge on any atom is 0.219 e. The van der Waals surface area contributed by atoms with Gasteiger partial charge in [0.15, 0.2) is 0 Å². The van der Waals surface area contributed by atoms with Gasteiger partial charge < -0.3 is 14.6 Å². The average Bonchev–Trinajstić information content (AvgIpc) is 3.19. The lowest BCUT2D eigenvalue weighted by molar-refractivity contribution is -0.121. The molecule has 1 aromatic heterocycles. The molecule has 3 rings (SSSR count). The second-order valence-corrected chi connectivity index (χ2v) is 6.75. The molecule has 0 aromatic carbocycles. The fourth-order valence-electron chi connectivity index (χ4n) is 3.59. The van der Waals surface area contributed by atoms with E-state index in [4.69, 9.17) is 4.74 Å². The zero-order valence-corrected chi connectivity index (χ0v) is 14.2. The molecule has 1 saturated carbocycles. The topological polar surface area (TPSA) is 59.4 Å². The number of methoxy groups -OCH3 is 1. The Morgan fingerprint density at radius 1 is 1.43 bits per heavy atom. The van der Waals surface area contributed by atoms with Gasteiger partial charge in [-0.25, -0.2) is 4.98 Å². The summed E-state index contributed by atoms with van der Waals surface area (Å²) in [5, 5.41) is 3.23. The molecule has 1 aliphatic carbocycles. The minimum Gasteiger partial charge on any atom is -0.383 e. The summed E-state index contributed by atoms with van der Waals surface area (Å²) >= 11 is 0. The first-order chi connectivity index (χ1) is 11.2. The number of imidazole rings is 1. The summed E-state index contributed by atoms with van der Waals surface area (Å²) in [4.78, 5) is 18.7. The third kappa shape index (κ3) is 4.12. The molecule has 0 spiro atoms. The predicted molar refractivity (Wildman–Crippen MR) is 87.8 cm³/mol. The summed E-state index contributed by atoms with van der Waals surface area (Å²) in [7, 11) is 1.72. The molecule has 6 heteroatoms. The van der Waals surface area contributed by atoms with E-state index in [9.17, 15) is 4.79 Å². The van der Waals surface area contributed by atoms with Crippen molar-refractivity contribution in [3.05, 3.63) is 18.2 Å². The molecule has 1 amide bonds. The summed E-state index contributed by atoms with van der Waals surface area (Å²) in [5.41, 5.74) is 0. The number of nitrogens with one attached hydrogen (secondary N) is 1. The van der Waals surface area contributed by atoms with Crippen LogP contribution in [0.3, 0.4) is 0 Å². The van der Waals surface area contributed by atoms with Crippen LogP contribution in [0.25, 0.3) is 0 Å². The Hall–Kier alpha value is -1.40. The summed E-state index contributed by atoms with van der Waals surface area (Å²) in [6.45, 7) is 6.30. The Bertz CT molecular complexity index is 526. The van der Waals surface area contributed by atoms with Gasteiger partial charge in [-0.15, -0.1) is 0 Å². The Labute approximate surface area is 138 Å². The van der Waals surface area contributed by atoms with Crippen LogP contribution in [0.15, 0.2) is 12.4 Å². The number of carbonyl (C=O) groups excluding carboxylic acids is 1. The molecule has 0 unspecified atom stereocenters. The zero-order chi connectivity index (χ0) is 16.2. The van der Waals surface area contributed by atoms with E-state index in [0.717, 1.165) is 37.9 Å². The number of amides is 1. The standard InChI is InChI=1S/C17H28N4O2/c1-3-17(22)19-15-11-20(10-14(15)13-4-5-13)12-16-18-6-7-21(16)8-9-23-2/h6-7,13-15H,3-5,8-12H2,1-2H3,(H,19,22)/t14-,15+/m1/s1. The van der Waals surface area contributed by atoms with E-state index < -0.39 is 0 Å². The SMILES string of the molecule is CCC(=O)N[C@H]1CN(Cc2nccn2CCOC)C[C@@H]1C1CC1. The van der Waals surface area contributed by atoms with E-state index >= 15 is 0 Å². The monoisotopic (exact) mass is 320 g/mol. The lowest BCUT2D eigenvalue weighted by Crippen LogP contribution is -2.40. The lowest BCUT2D eigenvalue weighted by Gasteiger charge is -2.19. The minimum absolute atomic E-state index is 0.170. The molecule has 128 valence electrons. The first kappa shape index (κ1) is 16.5. The first-order valence-electron chi connectivity index (χ1n) is 8.72. The molecule has 0 bridgehead atoms. The van der Waals surface area contributed by atoms with Gasteiger partial charge in [0, 0.05) is 51.6 Å². The van der Waals surface area contributed by atoms with E-state index in [1.54, 1.807) is 7.11 Å². The number of likely N-dealkylation sites (tertiary alicyclic amines) is 1. The van der Waals surface area contributed by atoms with Crippen molar-refractivity contribution in [1.29, 1.82) is 0 Å². The number of rotatable bonds is 8. The van der Waals surface area contributed by atoms with Gasteiger partial charge in [-0.3, -0.25) is 9.69 Å². The molecule has 2 aliphatic rings. The number of hydrogen-bond acceptors (Lipinski definition) is 4. The maximum atomic E-state index is 11.8. The number of nitrogens with zero attached hydrogens (tertiary/aromatic N) is 3. The molecule has 6 nitrogen and oxygen atoms in total. The molecule has 1 aromatic rings. The zero-order valence-electron chi connectivity index (χ0n) is 14.2. The van der Waals surface area contributed by atoms with Gasteiger partial charge in [0.05, 0.1) is 13.2 Å². The summed E-state index contributed by atoms with van der Waals surface area (Å²) in [5.74, 6) is 2.66. The molecular weight excluding hydrogens is 292 g/mol. The Balaban J connectivity index is 1.60. The second kappa shape index (κ2) is 7.45. The molecule has 1 aliphatic heterocycles. The number of hydrogen-bond donors (Lipinski definition) is 1. The molecular formula is C17H28N4O2. The van der Waals surface area contributed by atoms with Crippen LogP contribution in [-0.4, -0.2) is 53.2 Å². The quantitative estimate of drug-likeness (QED) is 0.783. The maximum absolute atomic E-state index is 11.8. The highest BCUT2D eigenvalue weighted by Gasteiger charge is 2.42. The van der Waals surface area contributed by atoms with Crippen LogP contribution in [0.4, 0.5) is 0 Å². The van der Waals surface area contributed by atoms with Crippen LogP contribution in [-0.2, 0) is 22.6 Å². The number of carbonyl (C=O) groups is 1. The molecule has 23 heavy (non-hydrogen) atoms. The summed E-state index contributed by atoms with van der Waals surface area (Å²) < 4.78 is 7.32. The van der Waals surface area contributed by atoms with E-state index in [1.165, 1.54) is 12.8 Å². The number of aromatic nitrogens is 2. The lowest BCUT2D eigenvalue weighted by atomic mass is 9.98. The van der Waals surface area contributed by atoms with Crippen molar-refractivity contribution < 1.29 is 9.53 Å². The summed E-state index contributed by atoms with van der Waals surface area (Å²) in [6.07, 6.45) is 7.07. The molecule has 2 heterocycles. The smallest absolute Gasteiger partial charge is 0.219 e. The predicted octanol–water partition coefficient (Wildman–Crippen LogP) is 1.27. The van der Waals surface area contributed by atoms with Gasteiger partial charge in [0.25, 0.3) is 0 Å². The third-order valence-electron chi connectivity index (χ3n) is 5.04.